The fraction of sp³-hybridized carbons (Fsp3) is 0.706. The van der Waals surface area contributed by atoms with Gasteiger partial charge in [-0.25, -0.2) is 0 Å². The molecule has 0 aliphatic heterocycles. The van der Waals surface area contributed by atoms with Crippen LogP contribution in [0, 0.1) is 0 Å². The molecule has 0 aromatic carbocycles. The average Bonchev–Trinajstić information content (AvgIpc) is 2.32. The standard InChI is InChI=1S/C17H29N/c1-6-8-10-14-12-15(11-9-7-2)18-16(13-14)17(3,4)5/h12-13H,6-11H2,1-5H3. The Bertz CT molecular complexity index is 334. The maximum Gasteiger partial charge on any atom is 0.0463 e. The van der Waals surface area contributed by atoms with Crippen molar-refractivity contribution in [2.45, 2.75) is 78.6 Å². The molecule has 1 heterocycles. The fourth-order valence-corrected chi connectivity index (χ4v) is 2.05. The Kier molecular flexibility index (Phi) is 5.84. The van der Waals surface area contributed by atoms with E-state index in [1.165, 1.54) is 49.1 Å². The molecule has 1 nitrogen and oxygen atoms in total. The average molecular weight is 247 g/mol. The Morgan fingerprint density at radius 2 is 1.56 bits per heavy atom. The van der Waals surface area contributed by atoms with Crippen LogP contribution in [0.2, 0.25) is 0 Å². The molecule has 102 valence electrons. The molecule has 0 aliphatic rings. The maximum absolute atomic E-state index is 4.85. The Hall–Kier alpha value is -0.850. The van der Waals surface area contributed by atoms with Crippen LogP contribution in [-0.2, 0) is 18.3 Å². The van der Waals surface area contributed by atoms with Crippen LogP contribution in [0.15, 0.2) is 12.1 Å². The van der Waals surface area contributed by atoms with E-state index in [2.05, 4.69) is 46.8 Å². The monoisotopic (exact) mass is 247 g/mol. The third-order valence-corrected chi connectivity index (χ3v) is 3.31. The van der Waals surface area contributed by atoms with Gasteiger partial charge in [-0.2, -0.15) is 0 Å². The van der Waals surface area contributed by atoms with E-state index in [0.29, 0.717) is 0 Å². The van der Waals surface area contributed by atoms with Crippen LogP contribution in [0.3, 0.4) is 0 Å². The Morgan fingerprint density at radius 3 is 2.11 bits per heavy atom. The van der Waals surface area contributed by atoms with Crippen molar-refractivity contribution in [3.05, 3.63) is 29.1 Å². The SMILES string of the molecule is CCCCc1cc(CCCC)nc(C(C)(C)C)c1. The lowest BCUT2D eigenvalue weighted by Crippen LogP contribution is -2.15. The molecule has 0 spiro atoms. The summed E-state index contributed by atoms with van der Waals surface area (Å²) < 4.78 is 0. The highest BCUT2D eigenvalue weighted by atomic mass is 14.7. The van der Waals surface area contributed by atoms with Gasteiger partial charge in [0.05, 0.1) is 0 Å². The summed E-state index contributed by atoms with van der Waals surface area (Å²) in [5.41, 5.74) is 4.17. The van der Waals surface area contributed by atoms with Crippen LogP contribution in [0.5, 0.6) is 0 Å². The van der Waals surface area contributed by atoms with E-state index in [-0.39, 0.29) is 5.41 Å². The predicted molar refractivity (Wildman–Crippen MR) is 80.2 cm³/mol. The van der Waals surface area contributed by atoms with Gasteiger partial charge in [0.15, 0.2) is 0 Å². The van der Waals surface area contributed by atoms with E-state index in [1.54, 1.807) is 0 Å². The molecule has 0 N–H and O–H groups in total. The highest BCUT2D eigenvalue weighted by Gasteiger charge is 2.16. The van der Waals surface area contributed by atoms with Crippen LogP contribution >= 0.6 is 0 Å². The quantitative estimate of drug-likeness (QED) is 0.684. The van der Waals surface area contributed by atoms with Crippen molar-refractivity contribution in [2.75, 3.05) is 0 Å². The lowest BCUT2D eigenvalue weighted by atomic mass is 9.89. The summed E-state index contributed by atoms with van der Waals surface area (Å²) >= 11 is 0. The van der Waals surface area contributed by atoms with Crippen molar-refractivity contribution in [2.24, 2.45) is 0 Å². The van der Waals surface area contributed by atoms with Gasteiger partial charge >= 0.3 is 0 Å². The van der Waals surface area contributed by atoms with E-state index in [0.717, 1.165) is 6.42 Å². The number of aryl methyl sites for hydroxylation is 2. The zero-order valence-electron chi connectivity index (χ0n) is 12.8. The molecule has 1 aromatic rings. The normalized spacial score (nSPS) is 11.8. The third-order valence-electron chi connectivity index (χ3n) is 3.31. The van der Waals surface area contributed by atoms with Gasteiger partial charge in [0.1, 0.15) is 0 Å². The second-order valence-corrected chi connectivity index (χ2v) is 6.31. The lowest BCUT2D eigenvalue weighted by Gasteiger charge is -2.20. The summed E-state index contributed by atoms with van der Waals surface area (Å²) in [6.07, 6.45) is 7.35. The van der Waals surface area contributed by atoms with Crippen molar-refractivity contribution in [1.29, 1.82) is 0 Å². The number of pyridine rings is 1. The van der Waals surface area contributed by atoms with Gasteiger partial charge in [0, 0.05) is 16.8 Å². The van der Waals surface area contributed by atoms with E-state index in [1.807, 2.05) is 0 Å². The summed E-state index contributed by atoms with van der Waals surface area (Å²) in [5.74, 6) is 0. The first-order valence-electron chi connectivity index (χ1n) is 7.47. The van der Waals surface area contributed by atoms with E-state index in [4.69, 9.17) is 4.98 Å². The first-order valence-corrected chi connectivity index (χ1v) is 7.47. The molecule has 0 atom stereocenters. The van der Waals surface area contributed by atoms with Gasteiger partial charge in [-0.3, -0.25) is 4.98 Å². The van der Waals surface area contributed by atoms with Crippen LogP contribution in [-0.4, -0.2) is 4.98 Å². The molecular weight excluding hydrogens is 218 g/mol. The Morgan fingerprint density at radius 1 is 0.944 bits per heavy atom. The van der Waals surface area contributed by atoms with Crippen LogP contribution in [0.25, 0.3) is 0 Å². The van der Waals surface area contributed by atoms with Crippen molar-refractivity contribution in [3.63, 3.8) is 0 Å². The van der Waals surface area contributed by atoms with Crippen molar-refractivity contribution < 1.29 is 0 Å². The van der Waals surface area contributed by atoms with Gasteiger partial charge < -0.3 is 0 Å². The molecule has 0 aliphatic carbocycles. The van der Waals surface area contributed by atoms with Gasteiger partial charge in [0.25, 0.3) is 0 Å². The topological polar surface area (TPSA) is 12.9 Å². The molecular formula is C17H29N. The second-order valence-electron chi connectivity index (χ2n) is 6.31. The van der Waals surface area contributed by atoms with Crippen LogP contribution < -0.4 is 0 Å². The number of hydrogen-bond donors (Lipinski definition) is 0. The predicted octanol–water partition coefficient (Wildman–Crippen LogP) is 5.06. The molecule has 1 rings (SSSR count). The smallest absolute Gasteiger partial charge is 0.0463 e. The highest BCUT2D eigenvalue weighted by molar-refractivity contribution is 5.26. The molecule has 0 radical (unpaired) electrons. The number of rotatable bonds is 6. The lowest BCUT2D eigenvalue weighted by molar-refractivity contribution is 0.562. The zero-order valence-corrected chi connectivity index (χ0v) is 12.8. The minimum Gasteiger partial charge on any atom is -0.257 e. The first-order chi connectivity index (χ1) is 8.47. The summed E-state index contributed by atoms with van der Waals surface area (Å²) in [5, 5.41) is 0. The maximum atomic E-state index is 4.85. The van der Waals surface area contributed by atoms with Crippen molar-refractivity contribution >= 4 is 0 Å². The summed E-state index contributed by atoms with van der Waals surface area (Å²) in [6, 6.07) is 4.63. The molecule has 0 saturated heterocycles. The molecule has 1 heteroatoms. The largest absolute Gasteiger partial charge is 0.257 e. The second kappa shape index (κ2) is 6.92. The van der Waals surface area contributed by atoms with Crippen LogP contribution in [0.1, 0.15) is 77.3 Å². The van der Waals surface area contributed by atoms with E-state index in [9.17, 15) is 0 Å². The number of hydrogen-bond acceptors (Lipinski definition) is 1. The summed E-state index contributed by atoms with van der Waals surface area (Å²) in [4.78, 5) is 4.85. The number of aromatic nitrogens is 1. The minimum absolute atomic E-state index is 0.156. The molecule has 0 unspecified atom stereocenters. The molecule has 0 fully saturated rings. The van der Waals surface area contributed by atoms with E-state index < -0.39 is 0 Å². The molecule has 0 amide bonds. The van der Waals surface area contributed by atoms with Crippen molar-refractivity contribution in [3.8, 4) is 0 Å². The molecule has 1 aromatic heterocycles. The number of unbranched alkanes of at least 4 members (excludes halogenated alkanes) is 2. The van der Waals surface area contributed by atoms with Gasteiger partial charge in [-0.1, -0.05) is 47.5 Å². The zero-order chi connectivity index (χ0) is 13.6. The van der Waals surface area contributed by atoms with Gasteiger partial charge in [0.2, 0.25) is 0 Å². The van der Waals surface area contributed by atoms with E-state index >= 15 is 0 Å². The number of nitrogens with zero attached hydrogens (tertiary/aromatic N) is 1. The first kappa shape index (κ1) is 15.2. The highest BCUT2D eigenvalue weighted by Crippen LogP contribution is 2.23. The minimum atomic E-state index is 0.156. The fourth-order valence-electron chi connectivity index (χ4n) is 2.05. The van der Waals surface area contributed by atoms with Crippen molar-refractivity contribution in [1.82, 2.24) is 4.98 Å². The van der Waals surface area contributed by atoms with Crippen LogP contribution in [0.4, 0.5) is 0 Å². The Labute approximate surface area is 113 Å². The molecule has 0 bridgehead atoms. The third kappa shape index (κ3) is 4.80. The van der Waals surface area contributed by atoms with Gasteiger partial charge in [-0.05, 0) is 43.4 Å². The Balaban J connectivity index is 2.96. The van der Waals surface area contributed by atoms with Gasteiger partial charge in [-0.15, -0.1) is 0 Å². The molecule has 0 saturated carbocycles. The summed E-state index contributed by atoms with van der Waals surface area (Å²) in [6.45, 7) is 11.3. The molecule has 18 heavy (non-hydrogen) atoms. The summed E-state index contributed by atoms with van der Waals surface area (Å²) in [7, 11) is 0.